The highest BCUT2D eigenvalue weighted by atomic mass is 16.5. The number of methoxy groups -OCH3 is 1. The Kier molecular flexibility index (Phi) is 5.17. The smallest absolute Gasteiger partial charge is 0.0897 e. The van der Waals surface area contributed by atoms with Crippen LogP contribution in [0.4, 0.5) is 0 Å². The van der Waals surface area contributed by atoms with E-state index in [1.165, 1.54) is 0 Å². The third-order valence-corrected chi connectivity index (χ3v) is 2.05. The van der Waals surface area contributed by atoms with Gasteiger partial charge in [-0.05, 0) is 6.92 Å². The Hall–Kier alpha value is -1.04. The first-order chi connectivity index (χ1) is 7.24. The van der Waals surface area contributed by atoms with Crippen molar-refractivity contribution < 1.29 is 9.84 Å². The van der Waals surface area contributed by atoms with Crippen molar-refractivity contribution in [2.45, 2.75) is 19.1 Å². The van der Waals surface area contributed by atoms with Crippen molar-refractivity contribution in [1.82, 2.24) is 15.3 Å². The maximum atomic E-state index is 9.42. The second kappa shape index (κ2) is 6.44. The lowest BCUT2D eigenvalue weighted by atomic mass is 10.2. The third-order valence-electron chi connectivity index (χ3n) is 2.05. The lowest BCUT2D eigenvalue weighted by molar-refractivity contribution is 0.0630. The Morgan fingerprint density at radius 1 is 1.53 bits per heavy atom. The third kappa shape index (κ3) is 4.33. The molecule has 0 aliphatic carbocycles. The predicted molar refractivity (Wildman–Crippen MR) is 56.3 cm³/mol. The van der Waals surface area contributed by atoms with Crippen LogP contribution in [0.5, 0.6) is 0 Å². The summed E-state index contributed by atoms with van der Waals surface area (Å²) in [4.78, 5) is 8.14. The number of hydrogen-bond donors (Lipinski definition) is 2. The molecule has 2 unspecified atom stereocenters. The standard InChI is InChI=1S/C10H17N3O2/c1-8(10-6-11-3-4-12-10)13-5-9(14)7-15-2/h3-4,6,8-9,13-14H,5,7H2,1-2H3. The minimum Gasteiger partial charge on any atom is -0.389 e. The van der Waals surface area contributed by atoms with E-state index in [-0.39, 0.29) is 6.04 Å². The van der Waals surface area contributed by atoms with Crippen molar-refractivity contribution in [3.63, 3.8) is 0 Å². The first-order valence-electron chi connectivity index (χ1n) is 4.90. The maximum absolute atomic E-state index is 9.42. The molecule has 0 aliphatic heterocycles. The van der Waals surface area contributed by atoms with E-state index in [9.17, 15) is 5.11 Å². The SMILES string of the molecule is COCC(O)CNC(C)c1cnccn1. The lowest BCUT2D eigenvalue weighted by Crippen LogP contribution is -2.32. The van der Waals surface area contributed by atoms with E-state index < -0.39 is 6.10 Å². The molecule has 1 heterocycles. The zero-order valence-electron chi connectivity index (χ0n) is 9.05. The molecule has 0 radical (unpaired) electrons. The minimum atomic E-state index is -0.492. The van der Waals surface area contributed by atoms with E-state index in [2.05, 4.69) is 15.3 Å². The topological polar surface area (TPSA) is 67.3 Å². The highest BCUT2D eigenvalue weighted by Crippen LogP contribution is 2.05. The second-order valence-electron chi connectivity index (χ2n) is 3.37. The lowest BCUT2D eigenvalue weighted by Gasteiger charge is -2.15. The first kappa shape index (κ1) is 12.0. The summed E-state index contributed by atoms with van der Waals surface area (Å²) in [6, 6.07) is 0.0743. The van der Waals surface area contributed by atoms with Gasteiger partial charge in [0.25, 0.3) is 0 Å². The average Bonchev–Trinajstić information content (AvgIpc) is 2.27. The number of ether oxygens (including phenoxy) is 1. The number of nitrogens with zero attached hydrogens (tertiary/aromatic N) is 2. The van der Waals surface area contributed by atoms with Gasteiger partial charge in [-0.2, -0.15) is 0 Å². The number of rotatable bonds is 6. The van der Waals surface area contributed by atoms with Crippen molar-refractivity contribution in [3.8, 4) is 0 Å². The molecule has 0 saturated heterocycles. The number of aliphatic hydroxyl groups excluding tert-OH is 1. The van der Waals surface area contributed by atoms with Crippen molar-refractivity contribution in [2.75, 3.05) is 20.3 Å². The maximum Gasteiger partial charge on any atom is 0.0897 e. The highest BCUT2D eigenvalue weighted by Gasteiger charge is 2.09. The van der Waals surface area contributed by atoms with Gasteiger partial charge < -0.3 is 15.2 Å². The molecule has 0 amide bonds. The van der Waals surface area contributed by atoms with Crippen LogP contribution in [0.2, 0.25) is 0 Å². The Morgan fingerprint density at radius 2 is 2.33 bits per heavy atom. The summed E-state index contributed by atoms with van der Waals surface area (Å²) in [6.45, 7) is 2.79. The van der Waals surface area contributed by atoms with Gasteiger partial charge in [-0.1, -0.05) is 0 Å². The molecule has 1 aromatic heterocycles. The predicted octanol–water partition coefficient (Wildman–Crippen LogP) is 0.134. The Morgan fingerprint density at radius 3 is 2.93 bits per heavy atom. The van der Waals surface area contributed by atoms with E-state index >= 15 is 0 Å². The molecule has 0 aromatic carbocycles. The normalized spacial score (nSPS) is 14.9. The summed E-state index contributed by atoms with van der Waals surface area (Å²) >= 11 is 0. The van der Waals surface area contributed by atoms with Crippen molar-refractivity contribution in [2.24, 2.45) is 0 Å². The molecule has 0 aliphatic rings. The monoisotopic (exact) mass is 211 g/mol. The van der Waals surface area contributed by atoms with Gasteiger partial charge in [0.1, 0.15) is 0 Å². The molecule has 0 bridgehead atoms. The molecular weight excluding hydrogens is 194 g/mol. The summed E-state index contributed by atoms with van der Waals surface area (Å²) in [5.41, 5.74) is 0.863. The first-order valence-corrected chi connectivity index (χ1v) is 4.90. The van der Waals surface area contributed by atoms with Crippen LogP contribution in [0, 0.1) is 0 Å². The van der Waals surface area contributed by atoms with E-state index in [4.69, 9.17) is 4.74 Å². The zero-order valence-corrected chi connectivity index (χ0v) is 9.05. The molecule has 1 aromatic rings. The Bertz CT molecular complexity index is 269. The molecule has 1 rings (SSSR count). The van der Waals surface area contributed by atoms with Gasteiger partial charge in [0.2, 0.25) is 0 Å². The molecule has 2 N–H and O–H groups in total. The molecule has 2 atom stereocenters. The van der Waals surface area contributed by atoms with Gasteiger partial charge in [-0.25, -0.2) is 0 Å². The number of aromatic nitrogens is 2. The number of nitrogens with one attached hydrogen (secondary N) is 1. The van der Waals surface area contributed by atoms with Crippen LogP contribution in [0.3, 0.4) is 0 Å². The highest BCUT2D eigenvalue weighted by molar-refractivity contribution is 5.00. The molecule has 5 nitrogen and oxygen atoms in total. The van der Waals surface area contributed by atoms with Gasteiger partial charge >= 0.3 is 0 Å². The van der Waals surface area contributed by atoms with Gasteiger partial charge in [0, 0.05) is 38.3 Å². The van der Waals surface area contributed by atoms with Crippen molar-refractivity contribution in [1.29, 1.82) is 0 Å². The van der Waals surface area contributed by atoms with Crippen LogP contribution in [-0.4, -0.2) is 41.4 Å². The van der Waals surface area contributed by atoms with E-state index in [0.717, 1.165) is 5.69 Å². The summed E-state index contributed by atoms with van der Waals surface area (Å²) < 4.78 is 4.82. The second-order valence-corrected chi connectivity index (χ2v) is 3.37. The van der Waals surface area contributed by atoms with E-state index in [1.807, 2.05) is 6.92 Å². The summed E-state index contributed by atoms with van der Waals surface area (Å²) in [6.07, 6.45) is 4.50. The van der Waals surface area contributed by atoms with Crippen molar-refractivity contribution in [3.05, 3.63) is 24.3 Å². The number of hydrogen-bond acceptors (Lipinski definition) is 5. The minimum absolute atomic E-state index is 0.0743. The molecule has 0 saturated carbocycles. The fraction of sp³-hybridized carbons (Fsp3) is 0.600. The molecule has 15 heavy (non-hydrogen) atoms. The summed E-state index contributed by atoms with van der Waals surface area (Å²) in [7, 11) is 1.56. The molecule has 84 valence electrons. The largest absolute Gasteiger partial charge is 0.389 e. The Balaban J connectivity index is 2.33. The van der Waals surface area contributed by atoms with Crippen molar-refractivity contribution >= 4 is 0 Å². The summed E-state index contributed by atoms with van der Waals surface area (Å²) in [5.74, 6) is 0. The molecule has 0 spiro atoms. The van der Waals surface area contributed by atoms with Crippen LogP contribution in [0.15, 0.2) is 18.6 Å². The average molecular weight is 211 g/mol. The van der Waals surface area contributed by atoms with Gasteiger partial charge in [-0.15, -0.1) is 0 Å². The fourth-order valence-electron chi connectivity index (χ4n) is 1.20. The van der Waals surface area contributed by atoms with Crippen LogP contribution in [-0.2, 0) is 4.74 Å². The van der Waals surface area contributed by atoms with Gasteiger partial charge in [0.05, 0.1) is 18.4 Å². The zero-order chi connectivity index (χ0) is 11.1. The van der Waals surface area contributed by atoms with Gasteiger partial charge in [-0.3, -0.25) is 9.97 Å². The fourth-order valence-corrected chi connectivity index (χ4v) is 1.20. The number of aliphatic hydroxyl groups is 1. The van der Waals surface area contributed by atoms with Crippen LogP contribution < -0.4 is 5.32 Å². The quantitative estimate of drug-likeness (QED) is 0.700. The Labute approximate surface area is 89.5 Å². The molecule has 5 heteroatoms. The summed E-state index contributed by atoms with van der Waals surface area (Å²) in [5, 5.41) is 12.6. The van der Waals surface area contributed by atoms with Crippen LogP contribution in [0.1, 0.15) is 18.7 Å². The van der Waals surface area contributed by atoms with Crippen LogP contribution in [0.25, 0.3) is 0 Å². The van der Waals surface area contributed by atoms with E-state index in [1.54, 1.807) is 25.7 Å². The van der Waals surface area contributed by atoms with Crippen LogP contribution >= 0.6 is 0 Å². The van der Waals surface area contributed by atoms with Gasteiger partial charge in [0.15, 0.2) is 0 Å². The van der Waals surface area contributed by atoms with E-state index in [0.29, 0.717) is 13.2 Å². The molecular formula is C10H17N3O2. The molecule has 0 fully saturated rings.